The van der Waals surface area contributed by atoms with Crippen LogP contribution in [0.25, 0.3) is 0 Å². The van der Waals surface area contributed by atoms with Gasteiger partial charge in [0.25, 0.3) is 5.56 Å². The van der Waals surface area contributed by atoms with Gasteiger partial charge < -0.3 is 9.67 Å². The summed E-state index contributed by atoms with van der Waals surface area (Å²) in [6, 6.07) is 5.82. The van der Waals surface area contributed by atoms with E-state index in [2.05, 4.69) is 4.90 Å². The van der Waals surface area contributed by atoms with Gasteiger partial charge in [-0.15, -0.1) is 0 Å². The molecule has 2 aliphatic rings. The van der Waals surface area contributed by atoms with Crippen LogP contribution in [0.3, 0.4) is 0 Å². The molecule has 20 heavy (non-hydrogen) atoms. The number of rotatable bonds is 4. The van der Waals surface area contributed by atoms with Crippen molar-refractivity contribution in [2.45, 2.75) is 50.8 Å². The van der Waals surface area contributed by atoms with E-state index in [0.29, 0.717) is 12.0 Å². The van der Waals surface area contributed by atoms with Gasteiger partial charge >= 0.3 is 0 Å². The van der Waals surface area contributed by atoms with Crippen molar-refractivity contribution in [2.75, 3.05) is 13.1 Å². The second-order valence-electron chi connectivity index (χ2n) is 6.14. The zero-order valence-corrected chi connectivity index (χ0v) is 11.9. The van der Waals surface area contributed by atoms with E-state index in [1.54, 1.807) is 16.7 Å². The number of pyridine rings is 1. The maximum absolute atomic E-state index is 11.7. The molecule has 1 saturated heterocycles. The fraction of sp³-hybridized carbons (Fsp3) is 0.688. The Bertz CT molecular complexity index is 499. The molecule has 4 heteroatoms. The second-order valence-corrected chi connectivity index (χ2v) is 6.14. The van der Waals surface area contributed by atoms with Crippen molar-refractivity contribution in [1.29, 1.82) is 0 Å². The molecule has 0 bridgehead atoms. The minimum atomic E-state index is -0.111. The Balaban J connectivity index is 1.62. The van der Waals surface area contributed by atoms with Gasteiger partial charge in [-0.3, -0.25) is 9.69 Å². The van der Waals surface area contributed by atoms with Crippen LogP contribution in [0.4, 0.5) is 0 Å². The molecular formula is C16H24N2O2. The first-order valence-corrected chi connectivity index (χ1v) is 7.83. The van der Waals surface area contributed by atoms with E-state index < -0.39 is 0 Å². The molecule has 1 aromatic rings. The van der Waals surface area contributed by atoms with Crippen molar-refractivity contribution < 1.29 is 5.11 Å². The lowest BCUT2D eigenvalue weighted by Crippen LogP contribution is -2.41. The molecule has 4 nitrogen and oxygen atoms in total. The number of hydrogen-bond donors (Lipinski definition) is 1. The highest BCUT2D eigenvalue weighted by molar-refractivity contribution is 4.94. The molecule has 110 valence electrons. The molecule has 3 unspecified atom stereocenters. The van der Waals surface area contributed by atoms with Crippen molar-refractivity contribution in [3.63, 3.8) is 0 Å². The van der Waals surface area contributed by atoms with Crippen LogP contribution in [0, 0.1) is 5.92 Å². The maximum atomic E-state index is 11.7. The van der Waals surface area contributed by atoms with E-state index in [1.165, 1.54) is 12.8 Å². The number of aromatic nitrogens is 1. The van der Waals surface area contributed by atoms with Crippen LogP contribution in [0.5, 0.6) is 0 Å². The second kappa shape index (κ2) is 6.10. The average molecular weight is 276 g/mol. The summed E-state index contributed by atoms with van der Waals surface area (Å²) in [5.41, 5.74) is 0.0733. The quantitative estimate of drug-likeness (QED) is 0.906. The van der Waals surface area contributed by atoms with Crippen molar-refractivity contribution >= 4 is 0 Å². The summed E-state index contributed by atoms with van der Waals surface area (Å²) in [5.74, 6) is 0.449. The molecule has 0 spiro atoms. The lowest BCUT2D eigenvalue weighted by molar-refractivity contribution is 0.0732. The fourth-order valence-corrected chi connectivity index (χ4v) is 3.91. The zero-order chi connectivity index (χ0) is 13.9. The van der Waals surface area contributed by atoms with Crippen molar-refractivity contribution in [3.05, 3.63) is 34.7 Å². The third-order valence-electron chi connectivity index (χ3n) is 4.97. The molecule has 0 aromatic carbocycles. The Morgan fingerprint density at radius 2 is 2.05 bits per heavy atom. The SMILES string of the molecule is O=c1ccccn1CCN1CCCC1C1CCCC1O. The summed E-state index contributed by atoms with van der Waals surface area (Å²) in [5, 5.41) is 10.1. The topological polar surface area (TPSA) is 45.5 Å². The van der Waals surface area contributed by atoms with Crippen molar-refractivity contribution in [3.8, 4) is 0 Å². The number of likely N-dealkylation sites (tertiary alicyclic amines) is 1. The highest BCUT2D eigenvalue weighted by Crippen LogP contribution is 2.35. The van der Waals surface area contributed by atoms with E-state index in [1.807, 2.05) is 12.3 Å². The zero-order valence-electron chi connectivity index (χ0n) is 11.9. The van der Waals surface area contributed by atoms with E-state index in [-0.39, 0.29) is 11.7 Å². The lowest BCUT2D eigenvalue weighted by atomic mass is 9.94. The minimum absolute atomic E-state index is 0.0733. The Morgan fingerprint density at radius 3 is 2.80 bits per heavy atom. The van der Waals surface area contributed by atoms with Gasteiger partial charge in [0.15, 0.2) is 0 Å². The summed E-state index contributed by atoms with van der Waals surface area (Å²) < 4.78 is 1.78. The highest BCUT2D eigenvalue weighted by Gasteiger charge is 2.37. The molecule has 1 aliphatic carbocycles. The molecule has 2 heterocycles. The van der Waals surface area contributed by atoms with Crippen LogP contribution >= 0.6 is 0 Å². The van der Waals surface area contributed by atoms with Crippen molar-refractivity contribution in [1.82, 2.24) is 9.47 Å². The van der Waals surface area contributed by atoms with Gasteiger partial charge in [-0.1, -0.05) is 12.5 Å². The molecule has 1 saturated carbocycles. The Morgan fingerprint density at radius 1 is 1.15 bits per heavy atom. The van der Waals surface area contributed by atoms with Gasteiger partial charge in [-0.2, -0.15) is 0 Å². The molecule has 3 atom stereocenters. The highest BCUT2D eigenvalue weighted by atomic mass is 16.3. The summed E-state index contributed by atoms with van der Waals surface area (Å²) >= 11 is 0. The standard InChI is InChI=1S/C16H24N2O2/c19-15-7-3-5-13(15)14-6-4-10-17(14)11-12-18-9-2-1-8-16(18)20/h1-2,8-9,13-15,19H,3-7,10-12H2. The maximum Gasteiger partial charge on any atom is 0.250 e. The van der Waals surface area contributed by atoms with Crippen LogP contribution in [0.1, 0.15) is 32.1 Å². The number of aliphatic hydroxyl groups is 1. The van der Waals surface area contributed by atoms with Gasteiger partial charge in [-0.25, -0.2) is 0 Å². The van der Waals surface area contributed by atoms with Crippen molar-refractivity contribution in [2.24, 2.45) is 5.92 Å². The number of nitrogens with zero attached hydrogens (tertiary/aromatic N) is 2. The molecule has 0 radical (unpaired) electrons. The fourth-order valence-electron chi connectivity index (χ4n) is 3.91. The first kappa shape index (κ1) is 13.8. The summed E-state index contributed by atoms with van der Waals surface area (Å²) in [6.45, 7) is 2.77. The summed E-state index contributed by atoms with van der Waals surface area (Å²) in [7, 11) is 0. The van der Waals surface area contributed by atoms with Gasteiger partial charge in [0.2, 0.25) is 0 Å². The average Bonchev–Trinajstić information content (AvgIpc) is 3.06. The Labute approximate surface area is 120 Å². The van der Waals surface area contributed by atoms with Crippen LogP contribution in [-0.4, -0.2) is 39.8 Å². The molecule has 1 aliphatic heterocycles. The number of hydrogen-bond acceptors (Lipinski definition) is 3. The summed E-state index contributed by atoms with van der Waals surface area (Å²) in [4.78, 5) is 14.2. The van der Waals surface area contributed by atoms with Crippen LogP contribution in [-0.2, 0) is 6.54 Å². The van der Waals surface area contributed by atoms with Gasteiger partial charge in [0, 0.05) is 37.3 Å². The molecule has 3 rings (SSSR count). The number of aliphatic hydroxyl groups excluding tert-OH is 1. The molecule has 1 N–H and O–H groups in total. The lowest BCUT2D eigenvalue weighted by Gasteiger charge is -2.31. The van der Waals surface area contributed by atoms with Crippen LogP contribution < -0.4 is 5.56 Å². The normalized spacial score (nSPS) is 30.9. The van der Waals surface area contributed by atoms with Crippen LogP contribution in [0.2, 0.25) is 0 Å². The minimum Gasteiger partial charge on any atom is -0.393 e. The first-order chi connectivity index (χ1) is 9.75. The summed E-state index contributed by atoms with van der Waals surface area (Å²) in [6.07, 6.45) is 7.45. The van der Waals surface area contributed by atoms with Crippen LogP contribution in [0.15, 0.2) is 29.2 Å². The predicted molar refractivity (Wildman–Crippen MR) is 78.6 cm³/mol. The largest absolute Gasteiger partial charge is 0.393 e. The van der Waals surface area contributed by atoms with E-state index in [0.717, 1.165) is 38.9 Å². The van der Waals surface area contributed by atoms with Gasteiger partial charge in [-0.05, 0) is 38.3 Å². The monoisotopic (exact) mass is 276 g/mol. The third-order valence-corrected chi connectivity index (χ3v) is 4.97. The van der Waals surface area contributed by atoms with Gasteiger partial charge in [0.05, 0.1) is 6.10 Å². The molecule has 2 fully saturated rings. The van der Waals surface area contributed by atoms with E-state index in [4.69, 9.17) is 0 Å². The molecular weight excluding hydrogens is 252 g/mol. The smallest absolute Gasteiger partial charge is 0.250 e. The predicted octanol–water partition coefficient (Wildman–Crippen LogP) is 1.47. The first-order valence-electron chi connectivity index (χ1n) is 7.83. The molecule has 0 amide bonds. The molecule has 1 aromatic heterocycles. The third kappa shape index (κ3) is 2.81. The Kier molecular flexibility index (Phi) is 4.22. The van der Waals surface area contributed by atoms with E-state index in [9.17, 15) is 9.90 Å². The van der Waals surface area contributed by atoms with Gasteiger partial charge in [0.1, 0.15) is 0 Å². The van der Waals surface area contributed by atoms with E-state index >= 15 is 0 Å². The Hall–Kier alpha value is -1.13.